The SMILES string of the molecule is Cc1ccc(-c2cc(C(F)(F)F)nn2-c2ccc(S(=O)(=O)NC(=O)[C@H](CC(C)C)N(C)[N+]([O-])=NOC(C)OC(=O)C(C)C)cc2)cc1. The van der Waals surface area contributed by atoms with E-state index in [-0.39, 0.29) is 33.6 Å². The molecule has 0 saturated carbocycles. The Hall–Kier alpha value is -4.67. The second-order valence-corrected chi connectivity index (χ2v) is 13.2. The van der Waals surface area contributed by atoms with E-state index >= 15 is 0 Å². The zero-order valence-corrected chi connectivity index (χ0v) is 27.7. The van der Waals surface area contributed by atoms with Crippen LogP contribution in [-0.2, 0) is 35.4 Å². The third-order valence-electron chi connectivity index (χ3n) is 6.71. The number of ether oxygens (including phenoxy) is 1. The van der Waals surface area contributed by atoms with Gasteiger partial charge in [0.15, 0.2) is 11.7 Å². The zero-order chi connectivity index (χ0) is 35.3. The van der Waals surface area contributed by atoms with Gasteiger partial charge in [-0.15, -0.1) is 5.01 Å². The second-order valence-electron chi connectivity index (χ2n) is 11.5. The van der Waals surface area contributed by atoms with Crippen molar-refractivity contribution in [3.8, 4) is 16.9 Å². The lowest BCUT2D eigenvalue weighted by molar-refractivity contribution is -0.712. The van der Waals surface area contributed by atoms with E-state index < -0.39 is 52.0 Å². The Morgan fingerprint density at radius 3 is 2.19 bits per heavy atom. The molecule has 1 heterocycles. The number of carbonyl (C=O) groups excluding carboxylic acids is 2. The largest absolute Gasteiger partial charge is 0.569 e. The van der Waals surface area contributed by atoms with E-state index in [0.29, 0.717) is 5.56 Å². The van der Waals surface area contributed by atoms with Gasteiger partial charge in [-0.1, -0.05) is 57.5 Å². The van der Waals surface area contributed by atoms with Crippen LogP contribution < -0.4 is 4.72 Å². The normalized spacial score (nSPS) is 13.7. The summed E-state index contributed by atoms with van der Waals surface area (Å²) in [5.41, 5.74) is 0.492. The van der Waals surface area contributed by atoms with E-state index in [9.17, 15) is 36.4 Å². The van der Waals surface area contributed by atoms with Crippen molar-refractivity contribution in [1.29, 1.82) is 0 Å². The van der Waals surface area contributed by atoms with Crippen LogP contribution in [0.2, 0.25) is 0 Å². The van der Waals surface area contributed by atoms with Crippen LogP contribution in [0, 0.1) is 24.0 Å². The summed E-state index contributed by atoms with van der Waals surface area (Å²) < 4.78 is 75.0. The van der Waals surface area contributed by atoms with Gasteiger partial charge in [0, 0.05) is 12.5 Å². The lowest BCUT2D eigenvalue weighted by atomic mass is 10.0. The zero-order valence-electron chi connectivity index (χ0n) is 26.8. The molecule has 1 aromatic heterocycles. The number of hydrazine groups is 1. The number of amides is 1. The van der Waals surface area contributed by atoms with Crippen molar-refractivity contribution in [3.63, 3.8) is 0 Å². The van der Waals surface area contributed by atoms with Crippen LogP contribution in [0.4, 0.5) is 13.2 Å². The highest BCUT2D eigenvalue weighted by Crippen LogP contribution is 2.33. The minimum atomic E-state index is -4.73. The molecule has 256 valence electrons. The number of hydrogen-bond donors (Lipinski definition) is 1. The van der Waals surface area contributed by atoms with Gasteiger partial charge in [0.2, 0.25) is 5.28 Å². The van der Waals surface area contributed by atoms with Crippen LogP contribution in [0.25, 0.3) is 16.9 Å². The highest BCUT2D eigenvalue weighted by atomic mass is 32.2. The Bertz CT molecular complexity index is 1690. The summed E-state index contributed by atoms with van der Waals surface area (Å²) in [5, 5.41) is 20.5. The number of sulfonamides is 1. The van der Waals surface area contributed by atoms with E-state index in [1.807, 2.05) is 11.6 Å². The van der Waals surface area contributed by atoms with Crippen LogP contribution in [0.1, 0.15) is 52.3 Å². The first-order valence-electron chi connectivity index (χ1n) is 14.5. The maximum atomic E-state index is 13.6. The number of aromatic nitrogens is 2. The summed E-state index contributed by atoms with van der Waals surface area (Å²) >= 11 is 0. The van der Waals surface area contributed by atoms with Gasteiger partial charge in [-0.25, -0.2) is 17.8 Å². The maximum absolute atomic E-state index is 13.6. The lowest BCUT2D eigenvalue weighted by Crippen LogP contribution is -2.49. The summed E-state index contributed by atoms with van der Waals surface area (Å²) in [7, 11) is -3.31. The number of alkyl halides is 3. The summed E-state index contributed by atoms with van der Waals surface area (Å²) in [6.07, 6.45) is -5.91. The molecule has 3 aromatic rings. The number of carbonyl (C=O) groups is 2. The summed E-state index contributed by atoms with van der Waals surface area (Å²) in [6.45, 7) is 9.88. The van der Waals surface area contributed by atoms with Crippen LogP contribution >= 0.6 is 0 Å². The molecule has 0 aliphatic carbocycles. The highest BCUT2D eigenvalue weighted by molar-refractivity contribution is 7.90. The fourth-order valence-electron chi connectivity index (χ4n) is 4.15. The van der Waals surface area contributed by atoms with Gasteiger partial charge in [0.05, 0.1) is 34.2 Å². The van der Waals surface area contributed by atoms with Gasteiger partial charge in [-0.05, 0) is 49.6 Å². The molecule has 3 rings (SSSR count). The van der Waals surface area contributed by atoms with Gasteiger partial charge >= 0.3 is 12.1 Å². The molecule has 0 aliphatic rings. The van der Waals surface area contributed by atoms with E-state index in [2.05, 4.69) is 10.4 Å². The first-order chi connectivity index (χ1) is 21.8. The van der Waals surface area contributed by atoms with Crippen LogP contribution in [0.15, 0.2) is 64.8 Å². The first-order valence-corrected chi connectivity index (χ1v) is 16.0. The van der Waals surface area contributed by atoms with Gasteiger partial charge in [-0.3, -0.25) is 14.4 Å². The third kappa shape index (κ3) is 9.67. The molecule has 17 heteroatoms. The molecule has 0 fully saturated rings. The lowest BCUT2D eigenvalue weighted by Gasteiger charge is -2.24. The Morgan fingerprint density at radius 1 is 1.06 bits per heavy atom. The average Bonchev–Trinajstić information content (AvgIpc) is 3.45. The highest BCUT2D eigenvalue weighted by Gasteiger charge is 2.36. The van der Waals surface area contributed by atoms with E-state index in [0.717, 1.165) is 33.5 Å². The Kier molecular flexibility index (Phi) is 11.6. The Balaban J connectivity index is 1.84. The number of esters is 1. The van der Waals surface area contributed by atoms with E-state index in [1.54, 1.807) is 52.0 Å². The predicted octanol–water partition coefficient (Wildman–Crippen LogP) is 5.37. The van der Waals surface area contributed by atoms with Gasteiger partial charge in [0.25, 0.3) is 22.2 Å². The number of rotatable bonds is 13. The molecular weight excluding hydrogens is 645 g/mol. The van der Waals surface area contributed by atoms with Crippen molar-refractivity contribution in [3.05, 3.63) is 71.1 Å². The minimum absolute atomic E-state index is 0.0333. The number of benzene rings is 2. The fourth-order valence-corrected chi connectivity index (χ4v) is 5.17. The number of nitrogens with zero attached hydrogens (tertiary/aromatic N) is 5. The van der Waals surface area contributed by atoms with Gasteiger partial charge in [-0.2, -0.15) is 18.3 Å². The van der Waals surface area contributed by atoms with Crippen molar-refractivity contribution in [2.24, 2.45) is 17.1 Å². The molecule has 2 atom stereocenters. The second kappa shape index (κ2) is 14.8. The number of likely N-dealkylation sites (N-methyl/N-ethyl adjacent to an activating group) is 1. The molecule has 0 saturated heterocycles. The smallest absolute Gasteiger partial charge is 0.435 e. The van der Waals surface area contributed by atoms with Gasteiger partial charge < -0.3 is 9.94 Å². The molecule has 1 N–H and O–H groups in total. The van der Waals surface area contributed by atoms with Crippen molar-refractivity contribution < 1.29 is 45.7 Å². The quantitative estimate of drug-likeness (QED) is 0.0822. The fraction of sp³-hybridized carbons (Fsp3) is 0.433. The van der Waals surface area contributed by atoms with Crippen LogP contribution in [-0.4, -0.2) is 59.4 Å². The molecule has 1 amide bonds. The van der Waals surface area contributed by atoms with Crippen molar-refractivity contribution >= 4 is 21.9 Å². The number of hydrogen-bond acceptors (Lipinski definition) is 9. The number of aryl methyl sites for hydroxylation is 1. The molecule has 0 bridgehead atoms. The van der Waals surface area contributed by atoms with E-state index in [1.165, 1.54) is 26.1 Å². The maximum Gasteiger partial charge on any atom is 0.435 e. The first kappa shape index (κ1) is 36.8. The van der Waals surface area contributed by atoms with Crippen LogP contribution in [0.5, 0.6) is 0 Å². The van der Waals surface area contributed by atoms with Crippen LogP contribution in [0.3, 0.4) is 0 Å². The monoisotopic (exact) mass is 682 g/mol. The number of halogens is 3. The molecule has 0 radical (unpaired) electrons. The molecule has 2 aromatic carbocycles. The van der Waals surface area contributed by atoms with Crippen molar-refractivity contribution in [1.82, 2.24) is 19.5 Å². The van der Waals surface area contributed by atoms with Gasteiger partial charge in [0.1, 0.15) is 0 Å². The third-order valence-corrected chi connectivity index (χ3v) is 8.07. The van der Waals surface area contributed by atoms with E-state index in [4.69, 9.17) is 9.57 Å². The molecule has 0 aliphatic heterocycles. The number of nitrogens with one attached hydrogen (secondary N) is 1. The Labute approximate surface area is 270 Å². The summed E-state index contributed by atoms with van der Waals surface area (Å²) in [5.74, 6) is -2.26. The van der Waals surface area contributed by atoms with Crippen molar-refractivity contribution in [2.75, 3.05) is 7.05 Å². The Morgan fingerprint density at radius 2 is 1.66 bits per heavy atom. The molecule has 47 heavy (non-hydrogen) atoms. The average molecular weight is 683 g/mol. The minimum Gasteiger partial charge on any atom is -0.569 e. The predicted molar refractivity (Wildman–Crippen MR) is 163 cm³/mol. The summed E-state index contributed by atoms with van der Waals surface area (Å²) in [4.78, 5) is 29.4. The summed E-state index contributed by atoms with van der Waals surface area (Å²) in [6, 6.07) is 11.1. The molecule has 0 spiro atoms. The van der Waals surface area contributed by atoms with Crippen molar-refractivity contribution in [2.45, 2.75) is 71.4 Å². The molecular formula is C30H37F3N6O7S. The topological polar surface area (TPSA) is 158 Å². The standard InChI is InChI=1S/C30H37F3N6O7S/c1-18(2)16-26(37(7)39(42)36-46-21(6)45-29(41)19(3)4)28(40)35-47(43,44)24-14-12-23(13-15-24)38-25(17-27(34-38)30(31,32)33)22-10-8-20(5)9-11-22/h8-15,17-19,21,26H,16H2,1-7H3,(H,35,40)/t21?,26-/m0/s1. The molecule has 1 unspecified atom stereocenters. The molecule has 13 nitrogen and oxygen atoms in total.